The highest BCUT2D eigenvalue weighted by atomic mass is 16.5. The minimum Gasteiger partial charge on any atom is -0.378 e. The van der Waals surface area contributed by atoms with E-state index < -0.39 is 0 Å². The van der Waals surface area contributed by atoms with Gasteiger partial charge < -0.3 is 19.7 Å². The van der Waals surface area contributed by atoms with Gasteiger partial charge in [-0.3, -0.25) is 10.1 Å². The van der Waals surface area contributed by atoms with Crippen molar-refractivity contribution in [2.24, 2.45) is 0 Å². The lowest BCUT2D eigenvalue weighted by molar-refractivity contribution is -0.142. The molecule has 3 aromatic rings. The lowest BCUT2D eigenvalue weighted by atomic mass is 9.85. The third kappa shape index (κ3) is 6.37. The number of fused-ring (bicyclic) bond motifs is 1. The zero-order valence-corrected chi connectivity index (χ0v) is 23.8. The first kappa shape index (κ1) is 27.9. The standard InChI is InChI=1S/C31H39N5O4/c1-21-9-11-22(12-10-21)36-28(19-27(34-36)31(2,3)4)33-30(38)32-25-13-14-26(24-8-6-5-7-23(24)25)40-20-29(37)35-15-17-39-18-16-35/h5-12,19,25-26H,13-18,20H2,1-4H3,(H2,32,33,38)/t25-,26+/m0/s1. The Morgan fingerprint density at radius 2 is 1.73 bits per heavy atom. The Morgan fingerprint density at radius 3 is 2.42 bits per heavy atom. The molecule has 2 atom stereocenters. The van der Waals surface area contributed by atoms with E-state index in [9.17, 15) is 9.59 Å². The summed E-state index contributed by atoms with van der Waals surface area (Å²) in [6.07, 6.45) is 1.21. The third-order valence-electron chi connectivity index (χ3n) is 7.51. The summed E-state index contributed by atoms with van der Waals surface area (Å²) >= 11 is 0. The predicted molar refractivity (Wildman–Crippen MR) is 154 cm³/mol. The minimum atomic E-state index is -0.296. The van der Waals surface area contributed by atoms with Gasteiger partial charge in [0, 0.05) is 24.6 Å². The molecule has 0 unspecified atom stereocenters. The zero-order valence-electron chi connectivity index (χ0n) is 23.8. The lowest BCUT2D eigenvalue weighted by Crippen LogP contribution is -2.42. The molecule has 3 amide bonds. The zero-order chi connectivity index (χ0) is 28.3. The minimum absolute atomic E-state index is 0.0137. The number of ether oxygens (including phenoxy) is 2. The van der Waals surface area contributed by atoms with E-state index in [4.69, 9.17) is 14.6 Å². The largest absolute Gasteiger partial charge is 0.378 e. The van der Waals surface area contributed by atoms with Crippen molar-refractivity contribution < 1.29 is 19.1 Å². The molecule has 0 bridgehead atoms. The summed E-state index contributed by atoms with van der Waals surface area (Å²) in [5.41, 5.74) is 4.76. The fourth-order valence-corrected chi connectivity index (χ4v) is 5.18. The van der Waals surface area contributed by atoms with Crippen LogP contribution in [0.2, 0.25) is 0 Å². The summed E-state index contributed by atoms with van der Waals surface area (Å²) in [7, 11) is 0. The van der Waals surface area contributed by atoms with Gasteiger partial charge in [0.2, 0.25) is 5.91 Å². The molecule has 9 nitrogen and oxygen atoms in total. The Morgan fingerprint density at radius 1 is 1.02 bits per heavy atom. The van der Waals surface area contributed by atoms with Crippen molar-refractivity contribution in [1.82, 2.24) is 20.0 Å². The Labute approximate surface area is 235 Å². The van der Waals surface area contributed by atoms with Gasteiger partial charge in [-0.15, -0.1) is 0 Å². The maximum Gasteiger partial charge on any atom is 0.320 e. The normalized spacial score (nSPS) is 19.1. The molecular weight excluding hydrogens is 506 g/mol. The van der Waals surface area contributed by atoms with Gasteiger partial charge >= 0.3 is 6.03 Å². The number of amides is 3. The van der Waals surface area contributed by atoms with Crippen molar-refractivity contribution in [3.05, 3.63) is 77.0 Å². The number of anilines is 1. The predicted octanol–water partition coefficient (Wildman–Crippen LogP) is 5.05. The summed E-state index contributed by atoms with van der Waals surface area (Å²) < 4.78 is 13.2. The second-order valence-corrected chi connectivity index (χ2v) is 11.6. The van der Waals surface area contributed by atoms with Crippen molar-refractivity contribution in [2.75, 3.05) is 38.2 Å². The molecule has 1 aliphatic heterocycles. The van der Waals surface area contributed by atoms with Gasteiger partial charge in [-0.2, -0.15) is 5.10 Å². The number of nitrogens with zero attached hydrogens (tertiary/aromatic N) is 3. The summed E-state index contributed by atoms with van der Waals surface area (Å²) in [4.78, 5) is 27.7. The van der Waals surface area contributed by atoms with Gasteiger partial charge in [0.1, 0.15) is 12.4 Å². The molecule has 1 aromatic heterocycles. The maximum absolute atomic E-state index is 13.3. The van der Waals surface area contributed by atoms with Gasteiger partial charge in [-0.1, -0.05) is 62.7 Å². The average Bonchev–Trinajstić information content (AvgIpc) is 3.37. The van der Waals surface area contributed by atoms with E-state index in [1.165, 1.54) is 0 Å². The number of morpholine rings is 1. The van der Waals surface area contributed by atoms with Crippen molar-refractivity contribution >= 4 is 17.8 Å². The number of carbonyl (C=O) groups excluding carboxylic acids is 2. The fourth-order valence-electron chi connectivity index (χ4n) is 5.18. The Bertz CT molecular complexity index is 1340. The third-order valence-corrected chi connectivity index (χ3v) is 7.51. The van der Waals surface area contributed by atoms with E-state index in [1.807, 2.05) is 61.5 Å². The number of hydrogen-bond acceptors (Lipinski definition) is 5. The second-order valence-electron chi connectivity index (χ2n) is 11.6. The van der Waals surface area contributed by atoms with E-state index in [0.29, 0.717) is 45.0 Å². The Kier molecular flexibility index (Phi) is 8.23. The molecule has 0 spiro atoms. The van der Waals surface area contributed by atoms with Crippen LogP contribution in [0.4, 0.5) is 10.6 Å². The number of urea groups is 1. The second kappa shape index (κ2) is 11.8. The average molecular weight is 546 g/mol. The number of nitrogens with one attached hydrogen (secondary N) is 2. The summed E-state index contributed by atoms with van der Waals surface area (Å²) in [5.74, 6) is 0.596. The Hall–Kier alpha value is -3.69. The highest BCUT2D eigenvalue weighted by Crippen LogP contribution is 2.38. The summed E-state index contributed by atoms with van der Waals surface area (Å²) in [5, 5.41) is 11.0. The topological polar surface area (TPSA) is 97.7 Å². The quantitative estimate of drug-likeness (QED) is 0.452. The number of aromatic nitrogens is 2. The van der Waals surface area contributed by atoms with E-state index in [0.717, 1.165) is 28.1 Å². The van der Waals surface area contributed by atoms with Crippen LogP contribution in [0.5, 0.6) is 0 Å². The van der Waals surface area contributed by atoms with Gasteiger partial charge in [-0.05, 0) is 43.0 Å². The molecule has 2 N–H and O–H groups in total. The first-order chi connectivity index (χ1) is 19.2. The molecule has 5 rings (SSSR count). The fraction of sp³-hybridized carbons (Fsp3) is 0.452. The highest BCUT2D eigenvalue weighted by molar-refractivity contribution is 5.89. The molecule has 1 fully saturated rings. The molecule has 9 heteroatoms. The van der Waals surface area contributed by atoms with Crippen LogP contribution in [0.3, 0.4) is 0 Å². The summed E-state index contributed by atoms with van der Waals surface area (Å²) in [6, 6.07) is 17.5. The molecule has 0 radical (unpaired) electrons. The molecule has 2 heterocycles. The van der Waals surface area contributed by atoms with E-state index in [2.05, 4.69) is 31.4 Å². The molecule has 2 aromatic carbocycles. The number of rotatable bonds is 6. The van der Waals surface area contributed by atoms with Crippen LogP contribution in [0.15, 0.2) is 54.6 Å². The lowest BCUT2D eigenvalue weighted by Gasteiger charge is -2.33. The van der Waals surface area contributed by atoms with Crippen molar-refractivity contribution in [2.45, 2.75) is 58.1 Å². The van der Waals surface area contributed by atoms with Gasteiger partial charge in [0.25, 0.3) is 0 Å². The number of aryl methyl sites for hydroxylation is 1. The molecule has 212 valence electrons. The first-order valence-corrected chi connectivity index (χ1v) is 14.0. The molecule has 0 saturated carbocycles. The van der Waals surface area contributed by atoms with Crippen molar-refractivity contribution in [1.29, 1.82) is 0 Å². The molecule has 1 aliphatic carbocycles. The van der Waals surface area contributed by atoms with E-state index in [-0.39, 0.29) is 36.1 Å². The smallest absolute Gasteiger partial charge is 0.320 e. The molecular formula is C31H39N5O4. The summed E-state index contributed by atoms with van der Waals surface area (Å²) in [6.45, 7) is 10.7. The maximum atomic E-state index is 13.3. The van der Waals surface area contributed by atoms with Crippen LogP contribution < -0.4 is 10.6 Å². The number of benzene rings is 2. The van der Waals surface area contributed by atoms with Gasteiger partial charge in [-0.25, -0.2) is 9.48 Å². The van der Waals surface area contributed by atoms with Crippen LogP contribution in [-0.4, -0.2) is 59.5 Å². The van der Waals surface area contributed by atoms with E-state index in [1.54, 1.807) is 9.58 Å². The van der Waals surface area contributed by atoms with Crippen LogP contribution in [-0.2, 0) is 19.7 Å². The van der Waals surface area contributed by atoms with Gasteiger partial charge in [0.05, 0.1) is 36.7 Å². The van der Waals surface area contributed by atoms with Crippen molar-refractivity contribution in [3.8, 4) is 5.69 Å². The van der Waals surface area contributed by atoms with Crippen LogP contribution in [0.1, 0.15) is 68.1 Å². The van der Waals surface area contributed by atoms with Crippen LogP contribution in [0.25, 0.3) is 5.69 Å². The molecule has 2 aliphatic rings. The van der Waals surface area contributed by atoms with Crippen LogP contribution >= 0.6 is 0 Å². The molecule has 1 saturated heterocycles. The number of carbonyl (C=O) groups is 2. The van der Waals surface area contributed by atoms with Crippen molar-refractivity contribution in [3.63, 3.8) is 0 Å². The highest BCUT2D eigenvalue weighted by Gasteiger charge is 2.30. The van der Waals surface area contributed by atoms with Gasteiger partial charge in [0.15, 0.2) is 0 Å². The first-order valence-electron chi connectivity index (χ1n) is 14.0. The SMILES string of the molecule is Cc1ccc(-n2nc(C(C)(C)C)cc2NC(=O)N[C@H]2CC[C@@H](OCC(=O)N3CCOCC3)c3ccccc32)cc1. The number of hydrogen-bond donors (Lipinski definition) is 2. The van der Waals surface area contributed by atoms with E-state index >= 15 is 0 Å². The van der Waals surface area contributed by atoms with Crippen LogP contribution in [0, 0.1) is 6.92 Å². The Balaban J connectivity index is 1.28. The monoisotopic (exact) mass is 545 g/mol. The molecule has 40 heavy (non-hydrogen) atoms.